The topological polar surface area (TPSA) is 114 Å². The van der Waals surface area contributed by atoms with E-state index in [0.29, 0.717) is 31.3 Å². The van der Waals surface area contributed by atoms with Crippen molar-refractivity contribution in [3.05, 3.63) is 76.8 Å². The first-order chi connectivity index (χ1) is 20.0. The monoisotopic (exact) mass is 631 g/mol. The molecule has 0 aliphatic rings. The highest BCUT2D eigenvalue weighted by molar-refractivity contribution is 7.89. The van der Waals surface area contributed by atoms with Gasteiger partial charge in [-0.2, -0.15) is 0 Å². The fourth-order valence-corrected chi connectivity index (χ4v) is 5.87. The number of nitrogens with one attached hydrogen (secondary N) is 2. The number of hydrogen-bond acceptors (Lipinski definition) is 6. The molecule has 234 valence electrons. The van der Waals surface area contributed by atoms with Gasteiger partial charge in [-0.05, 0) is 77.0 Å². The molecule has 9 nitrogen and oxygen atoms in total. The molecule has 0 spiro atoms. The van der Waals surface area contributed by atoms with Crippen molar-refractivity contribution in [3.8, 4) is 0 Å². The van der Waals surface area contributed by atoms with Gasteiger partial charge in [0.05, 0.1) is 5.02 Å². The van der Waals surface area contributed by atoms with Crippen LogP contribution in [0, 0.1) is 0 Å². The normalized spacial score (nSPS) is 12.2. The lowest BCUT2D eigenvalue weighted by Gasteiger charge is -2.27. The Hall–Kier alpha value is -3.34. The van der Waals surface area contributed by atoms with Gasteiger partial charge in [0.15, 0.2) is 0 Å². The van der Waals surface area contributed by atoms with Crippen LogP contribution in [0.25, 0.3) is 10.8 Å². The average molecular weight is 632 g/mol. The van der Waals surface area contributed by atoms with E-state index in [4.69, 9.17) is 21.1 Å². The number of rotatable bonds is 11. The number of fused-ring (bicyclic) bond motifs is 1. The van der Waals surface area contributed by atoms with Gasteiger partial charge in [-0.3, -0.25) is 0 Å². The van der Waals surface area contributed by atoms with E-state index in [1.807, 2.05) is 57.2 Å². The van der Waals surface area contributed by atoms with E-state index in [1.54, 1.807) is 39.0 Å². The summed E-state index contributed by atoms with van der Waals surface area (Å²) in [4.78, 5) is 26.3. The summed E-state index contributed by atoms with van der Waals surface area (Å²) in [6.07, 6.45) is 0.343. The number of benzene rings is 3. The Kier molecular flexibility index (Phi) is 11.5. The first-order valence-electron chi connectivity index (χ1n) is 14.2. The van der Waals surface area contributed by atoms with E-state index < -0.39 is 33.4 Å². The Balaban J connectivity index is 1.57. The van der Waals surface area contributed by atoms with Crippen molar-refractivity contribution < 1.29 is 27.5 Å². The molecule has 0 unspecified atom stereocenters. The number of carbonyl (C=O) groups excluding carboxylic acids is 2. The van der Waals surface area contributed by atoms with Gasteiger partial charge in [0.2, 0.25) is 10.0 Å². The predicted molar refractivity (Wildman–Crippen MR) is 170 cm³/mol. The molecule has 0 radical (unpaired) electrons. The minimum absolute atomic E-state index is 0.00984. The molecule has 3 aromatic rings. The van der Waals surface area contributed by atoms with Crippen molar-refractivity contribution in [3.63, 3.8) is 0 Å². The highest BCUT2D eigenvalue weighted by Crippen LogP contribution is 2.30. The van der Waals surface area contributed by atoms with E-state index in [2.05, 4.69) is 10.0 Å². The van der Waals surface area contributed by atoms with Gasteiger partial charge in [-0.15, -0.1) is 0 Å². The second-order valence-electron chi connectivity index (χ2n) is 12.2. The van der Waals surface area contributed by atoms with Crippen molar-refractivity contribution in [2.75, 3.05) is 19.6 Å². The minimum atomic E-state index is -3.92. The number of aryl methyl sites for hydroxylation is 1. The molecule has 0 heterocycles. The summed E-state index contributed by atoms with van der Waals surface area (Å²) in [7, 11) is -3.92. The molecule has 3 aromatic carbocycles. The highest BCUT2D eigenvalue weighted by Gasteiger charge is 2.24. The van der Waals surface area contributed by atoms with Crippen LogP contribution in [-0.4, -0.2) is 56.3 Å². The van der Waals surface area contributed by atoms with Crippen LogP contribution >= 0.6 is 11.6 Å². The van der Waals surface area contributed by atoms with E-state index in [0.717, 1.165) is 16.5 Å². The van der Waals surface area contributed by atoms with Gasteiger partial charge < -0.3 is 19.7 Å². The van der Waals surface area contributed by atoms with Crippen molar-refractivity contribution in [1.29, 1.82) is 0 Å². The van der Waals surface area contributed by atoms with Crippen LogP contribution in [-0.2, 0) is 32.5 Å². The molecule has 43 heavy (non-hydrogen) atoms. The van der Waals surface area contributed by atoms with Gasteiger partial charge in [0.1, 0.15) is 16.1 Å². The number of nitrogens with zero attached hydrogens (tertiary/aromatic N) is 1. The summed E-state index contributed by atoms with van der Waals surface area (Å²) in [5.41, 5.74) is 0.744. The van der Waals surface area contributed by atoms with Gasteiger partial charge in [0, 0.05) is 31.6 Å². The third kappa shape index (κ3) is 11.0. The number of ether oxygens (including phenoxy) is 2. The summed E-state index contributed by atoms with van der Waals surface area (Å²) >= 11 is 6.45. The molecule has 2 N–H and O–H groups in total. The summed E-state index contributed by atoms with van der Waals surface area (Å²) in [5.74, 6) is 0. The van der Waals surface area contributed by atoms with Crippen molar-refractivity contribution >= 4 is 44.6 Å². The zero-order chi connectivity index (χ0) is 31.8. The first kappa shape index (κ1) is 34.2. The van der Waals surface area contributed by atoms with Gasteiger partial charge >= 0.3 is 12.2 Å². The molecular weight excluding hydrogens is 590 g/mol. The fourth-order valence-electron chi connectivity index (χ4n) is 4.22. The summed E-state index contributed by atoms with van der Waals surface area (Å²) in [6, 6.07) is 18.3. The molecule has 11 heteroatoms. The lowest BCUT2D eigenvalue weighted by Crippen LogP contribution is -2.42. The van der Waals surface area contributed by atoms with Crippen molar-refractivity contribution in [2.24, 2.45) is 0 Å². The molecule has 0 fully saturated rings. The zero-order valence-electron chi connectivity index (χ0n) is 25.7. The Morgan fingerprint density at radius 2 is 1.47 bits per heavy atom. The lowest BCUT2D eigenvalue weighted by atomic mass is 10.1. The third-order valence-corrected chi connectivity index (χ3v) is 8.22. The number of hydrogen-bond donors (Lipinski definition) is 2. The third-order valence-electron chi connectivity index (χ3n) is 6.20. The molecule has 0 atom stereocenters. The second-order valence-corrected chi connectivity index (χ2v) is 14.4. The van der Waals surface area contributed by atoms with E-state index in [1.165, 1.54) is 11.0 Å². The maximum atomic E-state index is 13.1. The SMILES string of the molecule is CC(C)(C)OC(=O)NCc1ccc(CCCN(CCNS(=O)(=O)c2ccc3ccccc3c2Cl)C(=O)OC(C)(C)C)cc1. The Labute approximate surface area is 259 Å². The average Bonchev–Trinajstić information content (AvgIpc) is 2.90. The maximum absolute atomic E-state index is 13.1. The second kappa shape index (κ2) is 14.4. The van der Waals surface area contributed by atoms with Gasteiger partial charge in [0.25, 0.3) is 0 Å². The van der Waals surface area contributed by atoms with Crippen LogP contribution in [0.2, 0.25) is 5.02 Å². The number of alkyl carbamates (subject to hydrolysis) is 1. The Bertz CT molecular complexity index is 1510. The molecule has 0 saturated heterocycles. The summed E-state index contributed by atoms with van der Waals surface area (Å²) in [6.45, 7) is 11.6. The van der Waals surface area contributed by atoms with Crippen LogP contribution in [0.3, 0.4) is 0 Å². The van der Waals surface area contributed by atoms with Crippen LogP contribution in [0.15, 0.2) is 65.6 Å². The molecule has 3 rings (SSSR count). The van der Waals surface area contributed by atoms with E-state index >= 15 is 0 Å². The maximum Gasteiger partial charge on any atom is 0.410 e. The van der Waals surface area contributed by atoms with Crippen LogP contribution < -0.4 is 10.0 Å². The van der Waals surface area contributed by atoms with Crippen LogP contribution in [0.1, 0.15) is 59.1 Å². The van der Waals surface area contributed by atoms with Gasteiger partial charge in [-0.25, -0.2) is 22.7 Å². The smallest absolute Gasteiger partial charge is 0.410 e. The van der Waals surface area contributed by atoms with Gasteiger partial charge in [-0.1, -0.05) is 66.2 Å². The standard InChI is InChI=1S/C32H42ClN3O6S/c1-31(2,3)41-29(37)34-22-24-15-13-23(14-16-24)10-9-20-36(30(38)42-32(4,5)6)21-19-35-43(39,40)27-18-17-25-11-7-8-12-26(25)28(27)33/h7-8,11-18,35H,9-10,19-22H2,1-6H3,(H,34,37). The van der Waals surface area contributed by atoms with Crippen LogP contribution in [0.4, 0.5) is 9.59 Å². The number of halogens is 1. The number of sulfonamides is 1. The minimum Gasteiger partial charge on any atom is -0.444 e. The number of carbonyl (C=O) groups is 2. The molecular formula is C32H42ClN3O6S. The lowest BCUT2D eigenvalue weighted by molar-refractivity contribution is 0.0251. The quantitative estimate of drug-likeness (QED) is 0.244. The highest BCUT2D eigenvalue weighted by atomic mass is 35.5. The molecule has 0 aliphatic carbocycles. The van der Waals surface area contributed by atoms with E-state index in [-0.39, 0.29) is 23.0 Å². The number of amides is 2. The molecule has 0 aliphatic heterocycles. The summed E-state index contributed by atoms with van der Waals surface area (Å²) in [5, 5.41) is 4.38. The Morgan fingerprint density at radius 1 is 0.837 bits per heavy atom. The molecule has 2 amide bonds. The molecule has 0 bridgehead atoms. The largest absolute Gasteiger partial charge is 0.444 e. The van der Waals surface area contributed by atoms with Crippen molar-refractivity contribution in [2.45, 2.75) is 77.0 Å². The zero-order valence-corrected chi connectivity index (χ0v) is 27.3. The summed E-state index contributed by atoms with van der Waals surface area (Å²) < 4.78 is 39.6. The first-order valence-corrected chi connectivity index (χ1v) is 16.1. The molecule has 0 saturated carbocycles. The fraction of sp³-hybridized carbons (Fsp3) is 0.438. The van der Waals surface area contributed by atoms with Crippen molar-refractivity contribution in [1.82, 2.24) is 14.9 Å². The van der Waals surface area contributed by atoms with E-state index in [9.17, 15) is 18.0 Å². The predicted octanol–water partition coefficient (Wildman–Crippen LogP) is 6.67. The molecule has 0 aromatic heterocycles. The van der Waals surface area contributed by atoms with Crippen LogP contribution in [0.5, 0.6) is 0 Å². The Morgan fingerprint density at radius 3 is 2.12 bits per heavy atom.